The quantitative estimate of drug-likeness (QED) is 0.854. The zero-order valence-electron chi connectivity index (χ0n) is 9.76. The molecule has 0 unspecified atom stereocenters. The number of rotatable bonds is 5. The Bertz CT molecular complexity index is 459. The Labute approximate surface area is 101 Å². The van der Waals surface area contributed by atoms with Crippen LogP contribution in [-0.4, -0.2) is 17.1 Å². The van der Waals surface area contributed by atoms with E-state index in [-0.39, 0.29) is 0 Å². The van der Waals surface area contributed by atoms with Gasteiger partial charge in [0, 0.05) is 37.3 Å². The van der Waals surface area contributed by atoms with Gasteiger partial charge in [-0.3, -0.25) is 0 Å². The number of anilines is 1. The van der Waals surface area contributed by atoms with Gasteiger partial charge in [0.25, 0.3) is 0 Å². The number of aromatic nitrogens is 2. The van der Waals surface area contributed by atoms with Crippen LogP contribution in [-0.2, 0) is 17.9 Å². The molecule has 0 saturated heterocycles. The summed E-state index contributed by atoms with van der Waals surface area (Å²) < 4.78 is 5.10. The van der Waals surface area contributed by atoms with Crippen molar-refractivity contribution in [3.05, 3.63) is 54.1 Å². The second kappa shape index (κ2) is 5.96. The van der Waals surface area contributed by atoms with Gasteiger partial charge >= 0.3 is 0 Å². The van der Waals surface area contributed by atoms with Crippen molar-refractivity contribution in [3.8, 4) is 0 Å². The molecule has 0 aliphatic carbocycles. The van der Waals surface area contributed by atoms with Crippen molar-refractivity contribution in [1.29, 1.82) is 0 Å². The number of benzene rings is 1. The van der Waals surface area contributed by atoms with Gasteiger partial charge in [0.1, 0.15) is 6.33 Å². The van der Waals surface area contributed by atoms with Crippen LogP contribution in [0, 0.1) is 0 Å². The minimum Gasteiger partial charge on any atom is -0.381 e. The molecule has 4 nitrogen and oxygen atoms in total. The summed E-state index contributed by atoms with van der Waals surface area (Å²) in [7, 11) is 1.70. The summed E-state index contributed by atoms with van der Waals surface area (Å²) in [6.07, 6.45) is 5.14. The van der Waals surface area contributed by atoms with Crippen LogP contribution in [0.15, 0.2) is 43.0 Å². The molecule has 1 aromatic carbocycles. The lowest BCUT2D eigenvalue weighted by atomic mass is 10.2. The van der Waals surface area contributed by atoms with Gasteiger partial charge in [-0.1, -0.05) is 12.1 Å². The average molecular weight is 229 g/mol. The lowest BCUT2D eigenvalue weighted by Crippen LogP contribution is -2.00. The van der Waals surface area contributed by atoms with Gasteiger partial charge in [0.05, 0.1) is 6.61 Å². The molecular formula is C13H15N3O. The third-order valence-electron chi connectivity index (χ3n) is 2.35. The van der Waals surface area contributed by atoms with E-state index < -0.39 is 0 Å². The van der Waals surface area contributed by atoms with Crippen LogP contribution in [0.25, 0.3) is 0 Å². The molecule has 0 atom stereocenters. The zero-order chi connectivity index (χ0) is 11.9. The highest BCUT2D eigenvalue weighted by Crippen LogP contribution is 2.12. The van der Waals surface area contributed by atoms with Gasteiger partial charge in [-0.05, 0) is 17.7 Å². The summed E-state index contributed by atoms with van der Waals surface area (Å²) in [5, 5.41) is 3.32. The van der Waals surface area contributed by atoms with Crippen LogP contribution >= 0.6 is 0 Å². The molecule has 0 amide bonds. The summed E-state index contributed by atoms with van der Waals surface area (Å²) in [6, 6.07) is 8.16. The molecule has 0 spiro atoms. The van der Waals surface area contributed by atoms with E-state index in [0.29, 0.717) is 6.61 Å². The fourth-order valence-corrected chi connectivity index (χ4v) is 1.56. The van der Waals surface area contributed by atoms with Crippen LogP contribution < -0.4 is 5.32 Å². The Kier molecular flexibility index (Phi) is 4.05. The molecule has 1 aromatic heterocycles. The fourth-order valence-electron chi connectivity index (χ4n) is 1.56. The van der Waals surface area contributed by atoms with Crippen molar-refractivity contribution >= 4 is 5.69 Å². The SMILES string of the molecule is COCc1cccc(NCc2cncnc2)c1. The molecule has 2 rings (SSSR count). The molecular weight excluding hydrogens is 214 g/mol. The van der Waals surface area contributed by atoms with Crippen molar-refractivity contribution in [2.45, 2.75) is 13.2 Å². The lowest BCUT2D eigenvalue weighted by Gasteiger charge is -2.07. The van der Waals surface area contributed by atoms with Gasteiger partial charge in [-0.2, -0.15) is 0 Å². The van der Waals surface area contributed by atoms with Gasteiger partial charge in [0.15, 0.2) is 0 Å². The maximum Gasteiger partial charge on any atom is 0.115 e. The summed E-state index contributed by atoms with van der Waals surface area (Å²) in [6.45, 7) is 1.35. The van der Waals surface area contributed by atoms with E-state index in [0.717, 1.165) is 23.4 Å². The molecule has 0 aliphatic rings. The molecule has 0 fully saturated rings. The normalized spacial score (nSPS) is 10.2. The summed E-state index contributed by atoms with van der Waals surface area (Å²) in [5.74, 6) is 0. The molecule has 4 heteroatoms. The minimum absolute atomic E-state index is 0.629. The molecule has 0 bridgehead atoms. The number of ether oxygens (including phenoxy) is 1. The second-order valence-corrected chi connectivity index (χ2v) is 3.73. The molecule has 0 aliphatic heterocycles. The van der Waals surface area contributed by atoms with Gasteiger partial charge in [-0.15, -0.1) is 0 Å². The number of methoxy groups -OCH3 is 1. The number of hydrogen-bond donors (Lipinski definition) is 1. The van der Waals surface area contributed by atoms with E-state index in [1.807, 2.05) is 18.2 Å². The van der Waals surface area contributed by atoms with Crippen molar-refractivity contribution in [2.75, 3.05) is 12.4 Å². The van der Waals surface area contributed by atoms with Gasteiger partial charge in [-0.25, -0.2) is 9.97 Å². The van der Waals surface area contributed by atoms with E-state index in [4.69, 9.17) is 4.74 Å². The first kappa shape index (κ1) is 11.5. The molecule has 1 N–H and O–H groups in total. The summed E-state index contributed by atoms with van der Waals surface area (Å²) >= 11 is 0. The van der Waals surface area contributed by atoms with E-state index in [9.17, 15) is 0 Å². The topological polar surface area (TPSA) is 47.0 Å². The maximum absolute atomic E-state index is 5.10. The molecule has 2 aromatic rings. The summed E-state index contributed by atoms with van der Waals surface area (Å²) in [4.78, 5) is 7.95. The third kappa shape index (κ3) is 3.53. The van der Waals surface area contributed by atoms with Gasteiger partial charge < -0.3 is 10.1 Å². The van der Waals surface area contributed by atoms with Crippen LogP contribution in [0.4, 0.5) is 5.69 Å². The first-order chi connectivity index (χ1) is 8.38. The van der Waals surface area contributed by atoms with Crippen molar-refractivity contribution in [1.82, 2.24) is 9.97 Å². The number of nitrogens with one attached hydrogen (secondary N) is 1. The van der Waals surface area contributed by atoms with Crippen LogP contribution in [0.1, 0.15) is 11.1 Å². The largest absolute Gasteiger partial charge is 0.381 e. The van der Waals surface area contributed by atoms with Gasteiger partial charge in [0.2, 0.25) is 0 Å². The first-order valence-electron chi connectivity index (χ1n) is 5.44. The van der Waals surface area contributed by atoms with Crippen molar-refractivity contribution in [3.63, 3.8) is 0 Å². The maximum atomic E-state index is 5.10. The lowest BCUT2D eigenvalue weighted by molar-refractivity contribution is 0.185. The van der Waals surface area contributed by atoms with E-state index in [2.05, 4.69) is 21.4 Å². The van der Waals surface area contributed by atoms with E-state index in [1.54, 1.807) is 19.5 Å². The molecule has 88 valence electrons. The van der Waals surface area contributed by atoms with Crippen molar-refractivity contribution in [2.24, 2.45) is 0 Å². The zero-order valence-corrected chi connectivity index (χ0v) is 9.76. The Hall–Kier alpha value is -1.94. The highest BCUT2D eigenvalue weighted by molar-refractivity contribution is 5.45. The Balaban J connectivity index is 1.97. The fraction of sp³-hybridized carbons (Fsp3) is 0.231. The molecule has 1 heterocycles. The smallest absolute Gasteiger partial charge is 0.115 e. The highest BCUT2D eigenvalue weighted by atomic mass is 16.5. The number of hydrogen-bond acceptors (Lipinski definition) is 4. The first-order valence-corrected chi connectivity index (χ1v) is 5.44. The van der Waals surface area contributed by atoms with E-state index >= 15 is 0 Å². The predicted octanol–water partition coefficient (Wildman–Crippen LogP) is 2.24. The predicted molar refractivity (Wildman–Crippen MR) is 66.5 cm³/mol. The Morgan fingerprint density at radius 2 is 2.00 bits per heavy atom. The Morgan fingerprint density at radius 3 is 2.76 bits per heavy atom. The standard InChI is InChI=1S/C13H15N3O/c1-17-9-11-3-2-4-13(5-11)16-8-12-6-14-10-15-7-12/h2-7,10,16H,8-9H2,1H3. The van der Waals surface area contributed by atoms with E-state index in [1.165, 1.54) is 6.33 Å². The Morgan fingerprint density at radius 1 is 1.18 bits per heavy atom. The van der Waals surface area contributed by atoms with Crippen LogP contribution in [0.2, 0.25) is 0 Å². The molecule has 0 saturated carbocycles. The molecule has 0 radical (unpaired) electrons. The monoisotopic (exact) mass is 229 g/mol. The highest BCUT2D eigenvalue weighted by Gasteiger charge is 1.96. The number of nitrogens with zero attached hydrogens (tertiary/aromatic N) is 2. The third-order valence-corrected chi connectivity index (χ3v) is 2.35. The minimum atomic E-state index is 0.629. The second-order valence-electron chi connectivity index (χ2n) is 3.73. The van der Waals surface area contributed by atoms with Crippen LogP contribution in [0.5, 0.6) is 0 Å². The average Bonchev–Trinajstić information content (AvgIpc) is 2.39. The van der Waals surface area contributed by atoms with Crippen LogP contribution in [0.3, 0.4) is 0 Å². The summed E-state index contributed by atoms with van der Waals surface area (Å²) in [5.41, 5.74) is 3.29. The molecule has 17 heavy (non-hydrogen) atoms. The van der Waals surface area contributed by atoms with Crippen molar-refractivity contribution < 1.29 is 4.74 Å².